The van der Waals surface area contributed by atoms with E-state index in [0.717, 1.165) is 203 Å². The van der Waals surface area contributed by atoms with Gasteiger partial charge in [-0.2, -0.15) is 0 Å². The summed E-state index contributed by atoms with van der Waals surface area (Å²) in [5.41, 5.74) is 0. The number of hydrogen-bond donors (Lipinski definition) is 2. The van der Waals surface area contributed by atoms with E-state index in [-0.39, 0.29) is 0 Å². The van der Waals surface area contributed by atoms with Crippen LogP contribution >= 0.6 is 0 Å². The Kier molecular flexibility index (Phi) is 38.7. The fourth-order valence-corrected chi connectivity index (χ4v) is 36.2. The Labute approximate surface area is 771 Å². The van der Waals surface area contributed by atoms with Gasteiger partial charge in [-0.05, 0) is 388 Å². The number of nitrogens with zero attached hydrogens (tertiary/aromatic N) is 4. The van der Waals surface area contributed by atoms with E-state index in [1.165, 1.54) is 385 Å². The standard InChI is InChI=1S/C118H212N6/c1-9-13-17-21-25-29-37-89-53-69-99(70-54-89)121(95-61-45-85(5)46-62-95)109-83-111(123(97-65-49-87(7)50-66-97)101-73-57-91(58-74-101)39-31-27-23-19-15-11-3)113-108(118-104-44-36-34-42-94(104)78-80-120-118)82-106-110(122(96-63-47-86(6)48-64-96)100-71-55-90(56-72-100)38-30-26-22-18-14-10-2)84-112(114-107(81-105(109)115(113)116(106)114)117-103-43-35-33-41-93(103)77-79-119-117)124(98-67-51-88(8)52-68-98)102-75-59-92(60-76-102)40-32-28-24-20-16-12-4/h85-120H,9-84H2,1-8H3. The fourth-order valence-electron chi connectivity index (χ4n) is 36.2. The summed E-state index contributed by atoms with van der Waals surface area (Å²) < 4.78 is 0. The molecule has 16 fully saturated rings. The zero-order valence-electron chi connectivity index (χ0n) is 84.2. The summed E-state index contributed by atoms with van der Waals surface area (Å²) in [7, 11) is 0. The Morgan fingerprint density at radius 1 is 0.202 bits per heavy atom. The van der Waals surface area contributed by atoms with Crippen LogP contribution in [0.4, 0.5) is 0 Å². The summed E-state index contributed by atoms with van der Waals surface area (Å²) in [6.45, 7) is 23.2. The molecular formula is C118H212N6. The van der Waals surface area contributed by atoms with Crippen LogP contribution < -0.4 is 10.6 Å². The normalized spacial score (nSPS) is 43.1. The molecule has 714 valence electrons. The molecule has 6 heteroatoms. The van der Waals surface area contributed by atoms with E-state index in [2.05, 4.69) is 75.0 Å². The van der Waals surface area contributed by atoms with Gasteiger partial charge in [0.1, 0.15) is 0 Å². The maximum absolute atomic E-state index is 4.98. The van der Waals surface area contributed by atoms with Crippen molar-refractivity contribution >= 4 is 0 Å². The van der Waals surface area contributed by atoms with Crippen LogP contribution in [0, 0.1) is 118 Å². The lowest BCUT2D eigenvalue weighted by atomic mass is 9.38. The third-order valence-corrected chi connectivity index (χ3v) is 42.8. The predicted octanol–water partition coefficient (Wildman–Crippen LogP) is 32.1. The molecule has 0 aromatic rings. The van der Waals surface area contributed by atoms with Gasteiger partial charge in [-0.15, -0.1) is 0 Å². The molecule has 2 N–H and O–H groups in total. The van der Waals surface area contributed by atoms with Gasteiger partial charge in [0.05, 0.1) is 0 Å². The highest BCUT2D eigenvalue weighted by atomic mass is 15.3. The minimum atomic E-state index is 0.718. The Bertz CT molecular complexity index is 2690. The van der Waals surface area contributed by atoms with Gasteiger partial charge in [-0.1, -0.05) is 274 Å². The van der Waals surface area contributed by atoms with Gasteiger partial charge >= 0.3 is 0 Å². The zero-order valence-corrected chi connectivity index (χ0v) is 84.2. The summed E-state index contributed by atoms with van der Waals surface area (Å²) in [6.07, 6.45) is 111. The molecule has 0 radical (unpaired) electrons. The van der Waals surface area contributed by atoms with Crippen molar-refractivity contribution in [2.45, 2.75) is 615 Å². The number of nitrogens with one attached hydrogen (secondary N) is 2. The highest BCUT2D eigenvalue weighted by Gasteiger charge is 2.70. The van der Waals surface area contributed by atoms with Crippen molar-refractivity contribution in [2.24, 2.45) is 118 Å². The van der Waals surface area contributed by atoms with Gasteiger partial charge < -0.3 is 10.6 Å². The predicted molar refractivity (Wildman–Crippen MR) is 533 cm³/mol. The van der Waals surface area contributed by atoms with Crippen molar-refractivity contribution in [1.82, 2.24) is 30.2 Å². The van der Waals surface area contributed by atoms with Crippen molar-refractivity contribution < 1.29 is 0 Å². The highest BCUT2D eigenvalue weighted by Crippen LogP contribution is 2.70. The second kappa shape index (κ2) is 49.5. The molecule has 6 nitrogen and oxygen atoms in total. The van der Waals surface area contributed by atoms with Crippen molar-refractivity contribution in [1.29, 1.82) is 0 Å². The van der Waals surface area contributed by atoms with Crippen LogP contribution in [-0.2, 0) is 0 Å². The molecule has 0 spiro atoms. The smallest absolute Gasteiger partial charge is 0.0150 e. The SMILES string of the molecule is CCCCCCCCC1CCC(N(C2CCC(C)CC2)C2CC(N(C3CCC(C)CC3)C3CCC(CCCCCCCC)CC3)C3C(C4NCCC5CCCCC54)CC4C5C3C2CC(C2NCCC3CCCCC32)C5C(N(C2CCC(C)CC2)C2CCC(CCCCCCCC)CC2)CC4N(C2CCC(C)CC2)C2CCC(CCCCCCCC)CC2)CC1. The van der Waals surface area contributed by atoms with Crippen LogP contribution in [0.15, 0.2) is 0 Å². The van der Waals surface area contributed by atoms with Gasteiger partial charge in [0.25, 0.3) is 0 Å². The molecule has 124 heavy (non-hydrogen) atoms. The molecule has 14 aliphatic carbocycles. The van der Waals surface area contributed by atoms with Crippen LogP contribution in [0.1, 0.15) is 531 Å². The van der Waals surface area contributed by atoms with E-state index >= 15 is 0 Å². The van der Waals surface area contributed by atoms with E-state index in [1.807, 2.05) is 0 Å². The summed E-state index contributed by atoms with van der Waals surface area (Å²) in [5, 5.41) is 9.97. The highest BCUT2D eigenvalue weighted by molar-refractivity contribution is 5.22. The Morgan fingerprint density at radius 2 is 0.435 bits per heavy atom. The molecule has 0 amide bonds. The van der Waals surface area contributed by atoms with Gasteiger partial charge in [-0.3, -0.25) is 19.6 Å². The van der Waals surface area contributed by atoms with Gasteiger partial charge in [0.15, 0.2) is 0 Å². The minimum absolute atomic E-state index is 0.718. The number of unbranched alkanes of at least 4 members (excludes halogenated alkanes) is 20. The number of piperidine rings is 2. The molecule has 0 aromatic carbocycles. The van der Waals surface area contributed by atoms with Crippen molar-refractivity contribution in [3.8, 4) is 0 Å². The molecule has 14 saturated carbocycles. The van der Waals surface area contributed by atoms with Crippen LogP contribution in [0.5, 0.6) is 0 Å². The van der Waals surface area contributed by atoms with Gasteiger partial charge in [-0.25, -0.2) is 0 Å². The second-order valence-corrected chi connectivity index (χ2v) is 50.5. The first kappa shape index (κ1) is 96.9. The summed E-state index contributed by atoms with van der Waals surface area (Å²) in [4.78, 5) is 15.2. The van der Waals surface area contributed by atoms with Crippen molar-refractivity contribution in [3.05, 3.63) is 0 Å². The van der Waals surface area contributed by atoms with Crippen LogP contribution in [0.3, 0.4) is 0 Å². The minimum Gasteiger partial charge on any atom is -0.313 e. The maximum Gasteiger partial charge on any atom is 0.0150 e. The Balaban J connectivity index is 0.885. The summed E-state index contributed by atoms with van der Waals surface area (Å²) in [6, 6.07) is 10.7. The van der Waals surface area contributed by atoms with Crippen molar-refractivity contribution in [3.63, 3.8) is 0 Å². The molecular weight excluding hydrogens is 1500 g/mol. The molecule has 0 aromatic heterocycles. The van der Waals surface area contributed by atoms with E-state index in [9.17, 15) is 0 Å². The molecule has 2 heterocycles. The number of hydrogen-bond acceptors (Lipinski definition) is 6. The topological polar surface area (TPSA) is 37.0 Å². The zero-order chi connectivity index (χ0) is 85.1. The average Bonchev–Trinajstić information content (AvgIpc) is 0.681. The van der Waals surface area contributed by atoms with E-state index in [4.69, 9.17) is 10.6 Å². The molecule has 18 atom stereocenters. The first-order valence-corrected chi connectivity index (χ1v) is 59.6. The summed E-state index contributed by atoms with van der Waals surface area (Å²) >= 11 is 0. The lowest BCUT2D eigenvalue weighted by Gasteiger charge is -2.73. The third-order valence-electron chi connectivity index (χ3n) is 42.8. The molecule has 0 bridgehead atoms. The van der Waals surface area contributed by atoms with E-state index in [1.54, 1.807) is 103 Å². The number of fused-ring (bicyclic) bond motifs is 2. The van der Waals surface area contributed by atoms with Gasteiger partial charge in [0, 0.05) is 84.6 Å². The van der Waals surface area contributed by atoms with Crippen molar-refractivity contribution in [2.75, 3.05) is 13.1 Å². The molecule has 16 aliphatic rings. The third kappa shape index (κ3) is 24.4. The van der Waals surface area contributed by atoms with Gasteiger partial charge in [0.2, 0.25) is 0 Å². The fraction of sp³-hybridized carbons (Fsp3) is 1.00. The van der Waals surface area contributed by atoms with E-state index < -0.39 is 0 Å². The second-order valence-electron chi connectivity index (χ2n) is 50.5. The van der Waals surface area contributed by atoms with Crippen LogP contribution in [0.2, 0.25) is 0 Å². The number of rotatable bonds is 42. The van der Waals surface area contributed by atoms with Crippen LogP contribution in [-0.4, -0.2) is 117 Å². The first-order valence-electron chi connectivity index (χ1n) is 59.6. The monoisotopic (exact) mass is 1710 g/mol. The van der Waals surface area contributed by atoms with Crippen LogP contribution in [0.25, 0.3) is 0 Å². The quantitative estimate of drug-likeness (QED) is 0.0594. The first-order chi connectivity index (χ1) is 61.0. The lowest BCUT2D eigenvalue weighted by molar-refractivity contribution is -0.234. The largest absolute Gasteiger partial charge is 0.313 e. The lowest BCUT2D eigenvalue weighted by Crippen LogP contribution is -2.76. The van der Waals surface area contributed by atoms with E-state index in [0.29, 0.717) is 0 Å². The Morgan fingerprint density at radius 3 is 0.702 bits per heavy atom. The summed E-state index contributed by atoms with van der Waals surface area (Å²) in [5.74, 6) is 17.8. The maximum atomic E-state index is 4.98. The molecule has 2 saturated heterocycles. The average molecular weight is 1720 g/mol. The molecule has 16 rings (SSSR count). The Hall–Kier alpha value is -0.240. The molecule has 18 unspecified atom stereocenters. The molecule has 2 aliphatic heterocycles.